The maximum Gasteiger partial charge on any atom is 0.416 e. The number of nitrogens with one attached hydrogen (secondary N) is 2. The van der Waals surface area contributed by atoms with Gasteiger partial charge in [-0.2, -0.15) is 13.2 Å². The smallest absolute Gasteiger partial charge is 0.371 e. The SMILES string of the molecule is O=C(NC1CCN(c2ccccc2C(=O)NCC2CCCCC2)CC1)c1ccc(C(F)(F)F)cc1. The zero-order valence-corrected chi connectivity index (χ0v) is 19.7. The highest BCUT2D eigenvalue weighted by atomic mass is 19.4. The molecule has 1 aliphatic heterocycles. The second-order valence-corrected chi connectivity index (χ2v) is 9.54. The van der Waals surface area contributed by atoms with Gasteiger partial charge in [0.25, 0.3) is 11.8 Å². The molecule has 0 radical (unpaired) electrons. The van der Waals surface area contributed by atoms with Crippen molar-refractivity contribution in [1.29, 1.82) is 0 Å². The lowest BCUT2D eigenvalue weighted by Crippen LogP contribution is -2.45. The van der Waals surface area contributed by atoms with Gasteiger partial charge in [-0.05, 0) is 68.0 Å². The summed E-state index contributed by atoms with van der Waals surface area (Å²) < 4.78 is 38.2. The number of alkyl halides is 3. The minimum absolute atomic E-state index is 0.0519. The lowest BCUT2D eigenvalue weighted by atomic mass is 9.89. The van der Waals surface area contributed by atoms with Gasteiger partial charge >= 0.3 is 6.18 Å². The number of carbonyl (C=O) groups is 2. The molecule has 2 aliphatic rings. The van der Waals surface area contributed by atoms with Crippen molar-refractivity contribution in [1.82, 2.24) is 10.6 Å². The molecule has 1 aliphatic carbocycles. The van der Waals surface area contributed by atoms with Gasteiger partial charge in [-0.1, -0.05) is 31.4 Å². The fraction of sp³-hybridized carbons (Fsp3) is 0.481. The average molecular weight is 488 g/mol. The van der Waals surface area contributed by atoms with Gasteiger partial charge in [-0.25, -0.2) is 0 Å². The van der Waals surface area contributed by atoms with Crippen molar-refractivity contribution in [2.24, 2.45) is 5.92 Å². The van der Waals surface area contributed by atoms with Crippen LogP contribution in [0.15, 0.2) is 48.5 Å². The summed E-state index contributed by atoms with van der Waals surface area (Å²) in [5.74, 6) is 0.132. The van der Waals surface area contributed by atoms with E-state index in [1.54, 1.807) is 0 Å². The van der Waals surface area contributed by atoms with E-state index < -0.39 is 11.7 Å². The first-order valence-electron chi connectivity index (χ1n) is 12.4. The highest BCUT2D eigenvalue weighted by Gasteiger charge is 2.30. The quantitative estimate of drug-likeness (QED) is 0.573. The maximum atomic E-state index is 12.9. The molecule has 1 saturated carbocycles. The zero-order valence-electron chi connectivity index (χ0n) is 19.7. The molecule has 0 atom stereocenters. The fourth-order valence-corrected chi connectivity index (χ4v) is 5.01. The molecule has 0 bridgehead atoms. The number of anilines is 1. The van der Waals surface area contributed by atoms with Crippen molar-refractivity contribution in [2.75, 3.05) is 24.5 Å². The van der Waals surface area contributed by atoms with Crippen LogP contribution < -0.4 is 15.5 Å². The van der Waals surface area contributed by atoms with Gasteiger partial charge in [0.05, 0.1) is 11.1 Å². The summed E-state index contributed by atoms with van der Waals surface area (Å²) in [6.07, 6.45) is 3.05. The number of halogens is 3. The first-order chi connectivity index (χ1) is 16.8. The number of rotatable bonds is 6. The van der Waals surface area contributed by atoms with E-state index in [1.807, 2.05) is 24.3 Å². The van der Waals surface area contributed by atoms with Crippen LogP contribution in [-0.4, -0.2) is 37.5 Å². The van der Waals surface area contributed by atoms with E-state index >= 15 is 0 Å². The first-order valence-corrected chi connectivity index (χ1v) is 12.4. The third-order valence-electron chi connectivity index (χ3n) is 7.07. The molecule has 4 rings (SSSR count). The molecule has 0 spiro atoms. The Bertz CT molecular complexity index is 1010. The Morgan fingerprint density at radius 1 is 0.857 bits per heavy atom. The van der Waals surface area contributed by atoms with Crippen molar-refractivity contribution in [3.63, 3.8) is 0 Å². The van der Waals surface area contributed by atoms with Gasteiger partial charge < -0.3 is 15.5 Å². The van der Waals surface area contributed by atoms with Crippen LogP contribution >= 0.6 is 0 Å². The van der Waals surface area contributed by atoms with E-state index in [4.69, 9.17) is 0 Å². The molecule has 8 heteroatoms. The lowest BCUT2D eigenvalue weighted by Gasteiger charge is -2.35. The molecule has 0 unspecified atom stereocenters. The number of nitrogens with zero attached hydrogens (tertiary/aromatic N) is 1. The molecule has 35 heavy (non-hydrogen) atoms. The van der Waals surface area contributed by atoms with Gasteiger partial charge in [0.1, 0.15) is 0 Å². The molecule has 2 N–H and O–H groups in total. The lowest BCUT2D eigenvalue weighted by molar-refractivity contribution is -0.137. The number of hydrogen-bond acceptors (Lipinski definition) is 3. The first kappa shape index (κ1) is 25.1. The Balaban J connectivity index is 1.30. The Labute approximate surface area is 204 Å². The molecule has 2 fully saturated rings. The van der Waals surface area contributed by atoms with Crippen LogP contribution in [0.1, 0.15) is 71.2 Å². The minimum atomic E-state index is -4.43. The monoisotopic (exact) mass is 487 g/mol. The van der Waals surface area contributed by atoms with Crippen molar-refractivity contribution in [2.45, 2.75) is 57.2 Å². The van der Waals surface area contributed by atoms with Gasteiger partial charge in [-0.3, -0.25) is 9.59 Å². The number of hydrogen-bond donors (Lipinski definition) is 2. The number of carbonyl (C=O) groups excluding carboxylic acids is 2. The summed E-state index contributed by atoms with van der Waals surface area (Å²) in [5, 5.41) is 6.05. The number of para-hydroxylation sites is 1. The summed E-state index contributed by atoms with van der Waals surface area (Å²) in [4.78, 5) is 27.6. The molecule has 1 saturated heterocycles. The molecular formula is C27H32F3N3O2. The standard InChI is InChI=1S/C27H32F3N3O2/c28-27(29,30)21-12-10-20(11-13-21)25(34)32-22-14-16-33(17-15-22)24-9-5-4-8-23(24)26(35)31-18-19-6-2-1-3-7-19/h4-5,8-13,19,22H,1-3,6-7,14-18H2,(H,31,35)(H,32,34). The number of amides is 2. The summed E-state index contributed by atoms with van der Waals surface area (Å²) >= 11 is 0. The number of benzene rings is 2. The Morgan fingerprint density at radius 2 is 1.51 bits per heavy atom. The van der Waals surface area contributed by atoms with Crippen LogP contribution in [0.5, 0.6) is 0 Å². The predicted molar refractivity (Wildman–Crippen MR) is 129 cm³/mol. The third-order valence-corrected chi connectivity index (χ3v) is 7.07. The highest BCUT2D eigenvalue weighted by molar-refractivity contribution is 6.00. The van der Waals surface area contributed by atoms with Crippen LogP contribution in [0.2, 0.25) is 0 Å². The van der Waals surface area contributed by atoms with Gasteiger partial charge in [-0.15, -0.1) is 0 Å². The minimum Gasteiger partial charge on any atom is -0.371 e. The zero-order chi connectivity index (χ0) is 24.8. The number of piperidine rings is 1. The van der Waals surface area contributed by atoms with Crippen LogP contribution in [0.3, 0.4) is 0 Å². The second-order valence-electron chi connectivity index (χ2n) is 9.54. The largest absolute Gasteiger partial charge is 0.416 e. The van der Waals surface area contributed by atoms with Crippen LogP contribution in [0, 0.1) is 5.92 Å². The Kier molecular flexibility index (Phi) is 7.98. The average Bonchev–Trinajstić information content (AvgIpc) is 2.88. The maximum absolute atomic E-state index is 12.9. The van der Waals surface area contributed by atoms with Crippen LogP contribution in [0.25, 0.3) is 0 Å². The molecular weight excluding hydrogens is 455 g/mol. The third kappa shape index (κ3) is 6.55. The molecule has 2 aromatic carbocycles. The topological polar surface area (TPSA) is 61.4 Å². The van der Waals surface area contributed by atoms with Crippen molar-refractivity contribution >= 4 is 17.5 Å². The normalized spacial score (nSPS) is 17.7. The molecule has 1 heterocycles. The van der Waals surface area contributed by atoms with E-state index in [0.29, 0.717) is 44.0 Å². The Hall–Kier alpha value is -3.03. The van der Waals surface area contributed by atoms with Gasteiger partial charge in [0.15, 0.2) is 0 Å². The molecule has 5 nitrogen and oxygen atoms in total. The van der Waals surface area contributed by atoms with Crippen molar-refractivity contribution in [3.8, 4) is 0 Å². The van der Waals surface area contributed by atoms with E-state index in [9.17, 15) is 22.8 Å². The van der Waals surface area contributed by atoms with Crippen LogP contribution in [-0.2, 0) is 6.18 Å². The van der Waals surface area contributed by atoms with E-state index in [2.05, 4.69) is 15.5 Å². The summed E-state index contributed by atoms with van der Waals surface area (Å²) in [5.41, 5.74) is 0.987. The molecule has 0 aromatic heterocycles. The van der Waals surface area contributed by atoms with Crippen LogP contribution in [0.4, 0.5) is 18.9 Å². The fourth-order valence-electron chi connectivity index (χ4n) is 5.01. The highest BCUT2D eigenvalue weighted by Crippen LogP contribution is 2.29. The van der Waals surface area contributed by atoms with E-state index in [1.165, 1.54) is 44.2 Å². The Morgan fingerprint density at radius 3 is 2.17 bits per heavy atom. The molecule has 2 amide bonds. The summed E-state index contributed by atoms with van der Waals surface area (Å²) in [6.45, 7) is 2.06. The predicted octanol–water partition coefficient (Wildman–Crippen LogP) is 5.41. The van der Waals surface area contributed by atoms with Gasteiger partial charge in [0.2, 0.25) is 0 Å². The second kappa shape index (κ2) is 11.1. The van der Waals surface area contributed by atoms with Gasteiger partial charge in [0, 0.05) is 36.9 Å². The summed E-state index contributed by atoms with van der Waals surface area (Å²) in [6, 6.07) is 11.8. The van der Waals surface area contributed by atoms with E-state index in [0.717, 1.165) is 17.8 Å². The molecule has 2 aromatic rings. The summed E-state index contributed by atoms with van der Waals surface area (Å²) in [7, 11) is 0. The van der Waals surface area contributed by atoms with E-state index in [-0.39, 0.29) is 23.4 Å². The molecule has 188 valence electrons. The van der Waals surface area contributed by atoms with Crippen molar-refractivity contribution < 1.29 is 22.8 Å². The van der Waals surface area contributed by atoms with Crippen molar-refractivity contribution in [3.05, 3.63) is 65.2 Å².